The van der Waals surface area contributed by atoms with Crippen molar-refractivity contribution in [1.29, 1.82) is 0 Å². The molecule has 0 amide bonds. The molecule has 16 valence electrons. The van der Waals surface area contributed by atoms with E-state index in [0.717, 1.165) is 0 Å². The number of rotatable bonds is 0. The summed E-state index contributed by atoms with van der Waals surface area (Å²) in [4.78, 5) is 0. The van der Waals surface area contributed by atoms with E-state index in [-0.39, 0.29) is 92.9 Å². The van der Waals surface area contributed by atoms with Crippen LogP contribution in [0.4, 0.5) is 0 Å². The van der Waals surface area contributed by atoms with Crippen LogP contribution in [0.5, 0.6) is 0 Å². The van der Waals surface area contributed by atoms with Crippen LogP contribution >= 0.6 is 0 Å². The van der Waals surface area contributed by atoms with E-state index in [9.17, 15) is 0 Å². The molecular formula is H5InMgTiZn. The summed E-state index contributed by atoms with van der Waals surface area (Å²) < 4.78 is 0. The van der Waals surface area contributed by atoms with E-state index in [4.69, 9.17) is 0 Å². The van der Waals surface area contributed by atoms with Crippen LogP contribution in [0.25, 0.3) is 0 Å². The second-order valence-corrected chi connectivity index (χ2v) is 0. The Morgan fingerprint density at radius 1 is 1.25 bits per heavy atom. The SMILES string of the molecule is [H-].[H-].[InH3].[Mg+2].[Ti].[Zn]. The van der Waals surface area contributed by atoms with Gasteiger partial charge in [-0.2, -0.15) is 0 Å². The molecule has 4 heteroatoms. The van der Waals surface area contributed by atoms with Gasteiger partial charge in [0.25, 0.3) is 0 Å². The summed E-state index contributed by atoms with van der Waals surface area (Å²) in [5.41, 5.74) is 0. The smallest absolute Gasteiger partial charge is 0 e. The second-order valence-electron chi connectivity index (χ2n) is 0. The molecule has 0 saturated carbocycles. The second kappa shape index (κ2) is 16.7. The van der Waals surface area contributed by atoms with Gasteiger partial charge in [-0.15, -0.1) is 0 Å². The van der Waals surface area contributed by atoms with E-state index in [2.05, 4.69) is 0 Å². The molecule has 0 aliphatic heterocycles. The third kappa shape index (κ3) is 8.88. The van der Waals surface area contributed by atoms with Gasteiger partial charge in [-0.1, -0.05) is 0 Å². The molecule has 0 fully saturated rings. The van der Waals surface area contributed by atoms with Gasteiger partial charge in [0.2, 0.25) is 0 Å². The van der Waals surface area contributed by atoms with E-state index >= 15 is 0 Å². The maximum Gasteiger partial charge on any atom is 2.00 e. The van der Waals surface area contributed by atoms with Gasteiger partial charge in [0.15, 0.2) is 0 Å². The quantitative estimate of drug-likeness (QED) is 0.471. The minimum Gasteiger partial charge on any atom is 0 e. The Kier molecular flexibility index (Phi) is 118. The third-order valence-corrected chi connectivity index (χ3v) is 0. The Hall–Kier alpha value is 2.97. The van der Waals surface area contributed by atoms with Crippen molar-refractivity contribution < 1.29 is 44.0 Å². The summed E-state index contributed by atoms with van der Waals surface area (Å²) in [6.07, 6.45) is 0. The predicted octanol–water partition coefficient (Wildman–Crippen LogP) is -1.34. The van der Waals surface area contributed by atoms with Crippen LogP contribution < -0.4 is 0 Å². The molecule has 0 aromatic rings. The molecule has 0 bridgehead atoms. The Morgan fingerprint density at radius 3 is 1.25 bits per heavy atom. The van der Waals surface area contributed by atoms with Gasteiger partial charge >= 0.3 is 48.9 Å². The molecule has 0 aromatic heterocycles. The van der Waals surface area contributed by atoms with Crippen LogP contribution in [0.3, 0.4) is 0 Å². The predicted molar refractivity (Wildman–Crippen MR) is 17.9 cm³/mol. The summed E-state index contributed by atoms with van der Waals surface area (Å²) in [6, 6.07) is 0. The number of hydrogen-bond donors (Lipinski definition) is 0. The maximum absolute atomic E-state index is 0. The summed E-state index contributed by atoms with van der Waals surface area (Å²) in [5, 5.41) is 0. The van der Waals surface area contributed by atoms with Crippen molar-refractivity contribution in [1.82, 2.24) is 0 Å². The standard InChI is InChI=1S/In.Mg.Ti.Zn.5H/q;+2;;;;;;2*-1. The Morgan fingerprint density at radius 2 is 1.25 bits per heavy atom. The molecule has 0 aliphatic rings. The molecule has 0 spiro atoms. The van der Waals surface area contributed by atoms with Crippen molar-refractivity contribution in [2.45, 2.75) is 0 Å². The summed E-state index contributed by atoms with van der Waals surface area (Å²) in [5.74, 6) is 0. The van der Waals surface area contributed by atoms with Crippen LogP contribution in [0, 0.1) is 0 Å². The first-order valence-corrected chi connectivity index (χ1v) is 0. The van der Waals surface area contributed by atoms with Gasteiger partial charge in [-0.25, -0.2) is 0 Å². The van der Waals surface area contributed by atoms with Crippen LogP contribution in [0.1, 0.15) is 2.85 Å². The zero-order chi connectivity index (χ0) is 0. The Balaban J connectivity index is 0. The van der Waals surface area contributed by atoms with Crippen molar-refractivity contribution in [3.63, 3.8) is 0 Å². The molecule has 0 radical (unpaired) electrons. The molecule has 0 N–H and O–H groups in total. The van der Waals surface area contributed by atoms with Gasteiger partial charge in [0.1, 0.15) is 0 Å². The maximum atomic E-state index is 0. The first-order valence-electron chi connectivity index (χ1n) is 0. The zero-order valence-electron chi connectivity index (χ0n) is 3.91. The Bertz CT molecular complexity index is 13.5. The summed E-state index contributed by atoms with van der Waals surface area (Å²) in [7, 11) is 0. The van der Waals surface area contributed by atoms with Crippen molar-refractivity contribution in [3.8, 4) is 0 Å². The first kappa shape index (κ1) is 28.1. The van der Waals surface area contributed by atoms with Gasteiger partial charge in [-0.3, -0.25) is 0 Å². The molecule has 0 heterocycles. The zero-order valence-corrected chi connectivity index (χ0v) is 7.86. The summed E-state index contributed by atoms with van der Waals surface area (Å²) in [6.45, 7) is 0. The van der Waals surface area contributed by atoms with E-state index in [1.54, 1.807) is 0 Å². The molecule has 4 heavy (non-hydrogen) atoms. The van der Waals surface area contributed by atoms with Gasteiger partial charge in [0.05, 0.1) is 0 Å². The van der Waals surface area contributed by atoms with Crippen molar-refractivity contribution in [3.05, 3.63) is 0 Å². The van der Waals surface area contributed by atoms with E-state index in [1.165, 1.54) is 0 Å². The molecule has 0 aliphatic carbocycles. The molecule has 0 unspecified atom stereocenters. The van der Waals surface area contributed by atoms with Gasteiger partial charge < -0.3 is 2.85 Å². The average molecular weight is 257 g/mol. The van der Waals surface area contributed by atoms with E-state index in [1.807, 2.05) is 0 Å². The van der Waals surface area contributed by atoms with Gasteiger partial charge in [-0.05, 0) is 0 Å². The topological polar surface area (TPSA) is 0 Å². The normalized spacial score (nSPS) is 0. The minimum atomic E-state index is 0. The molecule has 0 rings (SSSR count). The van der Waals surface area contributed by atoms with Crippen LogP contribution in [-0.4, -0.2) is 48.9 Å². The van der Waals surface area contributed by atoms with Crippen LogP contribution in [0.15, 0.2) is 0 Å². The minimum absolute atomic E-state index is 0. The van der Waals surface area contributed by atoms with Crippen molar-refractivity contribution >= 4 is 48.9 Å². The monoisotopic (exact) mass is 256 g/mol. The van der Waals surface area contributed by atoms with Crippen LogP contribution in [0.2, 0.25) is 0 Å². The molecule has 0 saturated heterocycles. The fourth-order valence-corrected chi connectivity index (χ4v) is 0. The Labute approximate surface area is 91.4 Å². The molecule has 0 nitrogen and oxygen atoms in total. The van der Waals surface area contributed by atoms with E-state index < -0.39 is 0 Å². The first-order chi connectivity index (χ1) is 0. The third-order valence-electron chi connectivity index (χ3n) is 0. The largest absolute Gasteiger partial charge is 2.00 e. The van der Waals surface area contributed by atoms with E-state index in [0.29, 0.717) is 0 Å². The fraction of sp³-hybridized carbons (Fsp3) is 0. The van der Waals surface area contributed by atoms with Crippen molar-refractivity contribution in [2.75, 3.05) is 0 Å². The van der Waals surface area contributed by atoms with Crippen molar-refractivity contribution in [2.24, 2.45) is 0 Å². The average Bonchev–Trinajstić information content (AvgIpc) is 0. The molecule has 0 aromatic carbocycles. The van der Waals surface area contributed by atoms with Gasteiger partial charge in [0, 0.05) is 41.2 Å². The molecular weight excluding hydrogens is 252 g/mol. The fourth-order valence-electron chi connectivity index (χ4n) is 0. The molecule has 0 atom stereocenters. The number of hydrogen-bond acceptors (Lipinski definition) is 0. The summed E-state index contributed by atoms with van der Waals surface area (Å²) >= 11 is 0. The van der Waals surface area contributed by atoms with Crippen LogP contribution in [-0.2, 0) is 41.2 Å².